The monoisotopic (exact) mass is 272 g/mol. The van der Waals surface area contributed by atoms with Gasteiger partial charge >= 0.3 is 0 Å². The number of aromatic nitrogens is 1. The molecule has 3 heteroatoms. The third-order valence-corrected chi connectivity index (χ3v) is 4.95. The van der Waals surface area contributed by atoms with Gasteiger partial charge in [0.25, 0.3) is 0 Å². The van der Waals surface area contributed by atoms with Crippen LogP contribution in [0.5, 0.6) is 0 Å². The van der Waals surface area contributed by atoms with Crippen molar-refractivity contribution in [1.29, 1.82) is 0 Å². The first-order valence-corrected chi connectivity index (χ1v) is 7.92. The van der Waals surface area contributed by atoms with E-state index in [1.54, 1.807) is 11.3 Å². The predicted molar refractivity (Wildman–Crippen MR) is 80.7 cm³/mol. The second-order valence-corrected chi connectivity index (χ2v) is 6.15. The number of nitrogens with zero attached hydrogens (tertiary/aromatic N) is 1. The Bertz CT molecular complexity index is 547. The fraction of sp³-hybridized carbons (Fsp3) is 0.438. The van der Waals surface area contributed by atoms with Crippen LogP contribution in [0.1, 0.15) is 40.6 Å². The van der Waals surface area contributed by atoms with E-state index in [0.717, 1.165) is 13.0 Å². The molecule has 0 spiro atoms. The van der Waals surface area contributed by atoms with E-state index in [1.165, 1.54) is 41.0 Å². The van der Waals surface area contributed by atoms with Crippen LogP contribution in [0.15, 0.2) is 29.8 Å². The van der Waals surface area contributed by atoms with Crippen molar-refractivity contribution in [2.75, 3.05) is 6.54 Å². The third-order valence-electron chi connectivity index (χ3n) is 3.96. The highest BCUT2D eigenvalue weighted by molar-refractivity contribution is 7.09. The molecule has 0 aliphatic heterocycles. The van der Waals surface area contributed by atoms with Crippen LogP contribution in [0, 0.1) is 6.92 Å². The first kappa shape index (κ1) is 12.8. The van der Waals surface area contributed by atoms with Crippen molar-refractivity contribution in [3.63, 3.8) is 0 Å². The number of hydrogen-bond donors (Lipinski definition) is 1. The lowest BCUT2D eigenvalue weighted by Crippen LogP contribution is -2.27. The largest absolute Gasteiger partial charge is 0.310 e. The molecule has 0 radical (unpaired) electrons. The van der Waals surface area contributed by atoms with Gasteiger partial charge in [-0.25, -0.2) is 4.98 Å². The van der Waals surface area contributed by atoms with Gasteiger partial charge in [0.15, 0.2) is 0 Å². The van der Waals surface area contributed by atoms with Crippen molar-refractivity contribution in [2.45, 2.75) is 38.6 Å². The minimum absolute atomic E-state index is 0.540. The Kier molecular flexibility index (Phi) is 3.95. The van der Waals surface area contributed by atoms with Crippen LogP contribution in [-0.2, 0) is 12.8 Å². The highest BCUT2D eigenvalue weighted by Gasteiger charge is 2.18. The molecule has 0 bridgehead atoms. The van der Waals surface area contributed by atoms with Gasteiger partial charge in [-0.15, -0.1) is 11.3 Å². The summed E-state index contributed by atoms with van der Waals surface area (Å²) >= 11 is 1.77. The Morgan fingerprint density at radius 3 is 3.11 bits per heavy atom. The van der Waals surface area contributed by atoms with E-state index in [9.17, 15) is 0 Å². The SMILES string of the molecule is Cc1ncsc1CCNC1CCCc2ccccc21. The van der Waals surface area contributed by atoms with Crippen LogP contribution < -0.4 is 5.32 Å². The second-order valence-electron chi connectivity index (χ2n) is 5.21. The number of benzene rings is 1. The van der Waals surface area contributed by atoms with Crippen LogP contribution >= 0.6 is 11.3 Å². The zero-order valence-electron chi connectivity index (χ0n) is 11.4. The average Bonchev–Trinajstić information content (AvgIpc) is 2.85. The topological polar surface area (TPSA) is 24.9 Å². The number of nitrogens with one attached hydrogen (secondary N) is 1. The lowest BCUT2D eigenvalue weighted by atomic mass is 9.88. The molecule has 100 valence electrons. The molecule has 1 aliphatic carbocycles. The predicted octanol–water partition coefficient (Wildman–Crippen LogP) is 3.66. The van der Waals surface area contributed by atoms with Crippen molar-refractivity contribution in [3.8, 4) is 0 Å². The first-order valence-electron chi connectivity index (χ1n) is 7.05. The highest BCUT2D eigenvalue weighted by atomic mass is 32.1. The Labute approximate surface area is 118 Å². The summed E-state index contributed by atoms with van der Waals surface area (Å²) in [6.45, 7) is 3.14. The minimum atomic E-state index is 0.540. The maximum absolute atomic E-state index is 4.31. The number of rotatable bonds is 4. The van der Waals surface area contributed by atoms with Gasteiger partial charge in [0.1, 0.15) is 0 Å². The number of aryl methyl sites for hydroxylation is 2. The fourth-order valence-electron chi connectivity index (χ4n) is 2.89. The molecule has 0 fully saturated rings. The molecule has 1 unspecified atom stereocenters. The van der Waals surface area contributed by atoms with Crippen molar-refractivity contribution in [3.05, 3.63) is 51.5 Å². The summed E-state index contributed by atoms with van der Waals surface area (Å²) in [5.74, 6) is 0. The number of hydrogen-bond acceptors (Lipinski definition) is 3. The smallest absolute Gasteiger partial charge is 0.0797 e. The Morgan fingerprint density at radius 1 is 1.37 bits per heavy atom. The van der Waals surface area contributed by atoms with Gasteiger partial charge < -0.3 is 5.32 Å². The molecule has 1 aliphatic rings. The van der Waals surface area contributed by atoms with Crippen LogP contribution in [0.2, 0.25) is 0 Å². The third kappa shape index (κ3) is 2.88. The number of thiazole rings is 1. The second kappa shape index (κ2) is 5.85. The Morgan fingerprint density at radius 2 is 2.26 bits per heavy atom. The lowest BCUT2D eigenvalue weighted by Gasteiger charge is -2.26. The molecular weight excluding hydrogens is 252 g/mol. The maximum atomic E-state index is 4.31. The molecule has 1 aromatic carbocycles. The molecule has 19 heavy (non-hydrogen) atoms. The zero-order chi connectivity index (χ0) is 13.1. The van der Waals surface area contributed by atoms with E-state index in [4.69, 9.17) is 0 Å². The molecule has 0 saturated carbocycles. The quantitative estimate of drug-likeness (QED) is 0.918. The fourth-order valence-corrected chi connectivity index (χ4v) is 3.67. The van der Waals surface area contributed by atoms with E-state index in [2.05, 4.69) is 41.5 Å². The van der Waals surface area contributed by atoms with Crippen molar-refractivity contribution < 1.29 is 0 Å². The normalized spacial score (nSPS) is 18.3. The summed E-state index contributed by atoms with van der Waals surface area (Å²) in [7, 11) is 0. The lowest BCUT2D eigenvalue weighted by molar-refractivity contribution is 0.463. The van der Waals surface area contributed by atoms with E-state index in [1.807, 2.05) is 5.51 Å². The Hall–Kier alpha value is -1.19. The molecular formula is C16H20N2S. The molecule has 1 aromatic heterocycles. The van der Waals surface area contributed by atoms with E-state index >= 15 is 0 Å². The molecule has 0 amide bonds. The number of fused-ring (bicyclic) bond motifs is 1. The molecule has 2 nitrogen and oxygen atoms in total. The van der Waals surface area contributed by atoms with Crippen molar-refractivity contribution >= 4 is 11.3 Å². The molecule has 1 N–H and O–H groups in total. The molecule has 1 atom stereocenters. The van der Waals surface area contributed by atoms with Gasteiger partial charge in [-0.05, 0) is 43.7 Å². The summed E-state index contributed by atoms with van der Waals surface area (Å²) in [4.78, 5) is 5.72. The zero-order valence-corrected chi connectivity index (χ0v) is 12.2. The molecule has 0 saturated heterocycles. The average molecular weight is 272 g/mol. The molecule has 2 aromatic rings. The summed E-state index contributed by atoms with van der Waals surface area (Å²) < 4.78 is 0. The van der Waals surface area contributed by atoms with Crippen molar-refractivity contribution in [2.24, 2.45) is 0 Å². The van der Waals surface area contributed by atoms with E-state index < -0.39 is 0 Å². The first-order chi connectivity index (χ1) is 9.34. The standard InChI is InChI=1S/C16H20N2S/c1-12-16(19-11-18-12)9-10-17-15-8-4-6-13-5-2-3-7-14(13)15/h2-3,5,7,11,15,17H,4,6,8-10H2,1H3. The Balaban J connectivity index is 1.61. The summed E-state index contributed by atoms with van der Waals surface area (Å²) in [6.07, 6.45) is 4.89. The molecule has 3 rings (SSSR count). The van der Waals surface area contributed by atoms with Gasteiger partial charge in [0, 0.05) is 17.5 Å². The van der Waals surface area contributed by atoms with Crippen molar-refractivity contribution in [1.82, 2.24) is 10.3 Å². The van der Waals surface area contributed by atoms with Gasteiger partial charge in [-0.1, -0.05) is 24.3 Å². The summed E-state index contributed by atoms with van der Waals surface area (Å²) in [6, 6.07) is 9.41. The highest BCUT2D eigenvalue weighted by Crippen LogP contribution is 2.29. The van der Waals surface area contributed by atoms with Crippen LogP contribution in [-0.4, -0.2) is 11.5 Å². The van der Waals surface area contributed by atoms with E-state index in [0.29, 0.717) is 6.04 Å². The van der Waals surface area contributed by atoms with Gasteiger partial charge in [-0.3, -0.25) is 0 Å². The molecule has 1 heterocycles. The van der Waals surface area contributed by atoms with E-state index in [-0.39, 0.29) is 0 Å². The van der Waals surface area contributed by atoms with Gasteiger partial charge in [0.2, 0.25) is 0 Å². The van der Waals surface area contributed by atoms with Crippen LogP contribution in [0.3, 0.4) is 0 Å². The minimum Gasteiger partial charge on any atom is -0.310 e. The van der Waals surface area contributed by atoms with Gasteiger partial charge in [-0.2, -0.15) is 0 Å². The van der Waals surface area contributed by atoms with Gasteiger partial charge in [0.05, 0.1) is 11.2 Å². The maximum Gasteiger partial charge on any atom is 0.0797 e. The summed E-state index contributed by atoms with van der Waals surface area (Å²) in [5.41, 5.74) is 6.17. The summed E-state index contributed by atoms with van der Waals surface area (Å²) in [5, 5.41) is 3.72. The van der Waals surface area contributed by atoms with Crippen LogP contribution in [0.4, 0.5) is 0 Å². The van der Waals surface area contributed by atoms with Crippen LogP contribution in [0.25, 0.3) is 0 Å².